The van der Waals surface area contributed by atoms with Crippen LogP contribution in [-0.4, -0.2) is 27.3 Å². The van der Waals surface area contributed by atoms with Gasteiger partial charge < -0.3 is 5.32 Å². The highest BCUT2D eigenvalue weighted by Gasteiger charge is 2.13. The van der Waals surface area contributed by atoms with Gasteiger partial charge in [0.1, 0.15) is 0 Å². The van der Waals surface area contributed by atoms with Crippen molar-refractivity contribution >= 4 is 9.84 Å². The smallest absolute Gasteiger partial charge is 0.179 e. The van der Waals surface area contributed by atoms with Crippen molar-refractivity contribution in [3.63, 3.8) is 0 Å². The summed E-state index contributed by atoms with van der Waals surface area (Å²) in [5.74, 6) is 0.579. The zero-order valence-corrected chi connectivity index (χ0v) is 11.5. The first-order valence-electron chi connectivity index (χ1n) is 6.01. The van der Waals surface area contributed by atoms with Crippen LogP contribution in [0.2, 0.25) is 0 Å². The summed E-state index contributed by atoms with van der Waals surface area (Å²) in [5, 5.41) is 3.02. The third-order valence-electron chi connectivity index (χ3n) is 2.70. The Morgan fingerprint density at radius 1 is 1.18 bits per heavy atom. The average Bonchev–Trinajstić information content (AvgIpc) is 2.29. The van der Waals surface area contributed by atoms with E-state index in [0.717, 1.165) is 12.1 Å². The lowest BCUT2D eigenvalue weighted by atomic mass is 10.0. The van der Waals surface area contributed by atoms with Crippen LogP contribution in [0.1, 0.15) is 32.3 Å². The molecule has 1 aromatic carbocycles. The number of nitrogens with one attached hydrogen (secondary N) is 1. The molecule has 1 rings (SSSR count). The van der Waals surface area contributed by atoms with E-state index in [1.807, 2.05) is 19.1 Å². The second kappa shape index (κ2) is 6.17. The number of hydrogen-bond acceptors (Lipinski definition) is 3. The van der Waals surface area contributed by atoms with E-state index in [4.69, 9.17) is 0 Å². The van der Waals surface area contributed by atoms with E-state index < -0.39 is 9.84 Å². The standard InChI is InChI=1S/C13H21NO2S/c1-4-14-9-10-17(15,16)13-7-5-12(6-8-13)11(2)3/h5-8,11,14H,4,9-10H2,1-3H3. The molecular weight excluding hydrogens is 234 g/mol. The first-order chi connectivity index (χ1) is 7.97. The summed E-state index contributed by atoms with van der Waals surface area (Å²) in [5.41, 5.74) is 1.16. The Morgan fingerprint density at radius 3 is 2.24 bits per heavy atom. The van der Waals surface area contributed by atoms with Crippen molar-refractivity contribution in [1.29, 1.82) is 0 Å². The predicted molar refractivity (Wildman–Crippen MR) is 71.1 cm³/mol. The summed E-state index contributed by atoms with van der Waals surface area (Å²) in [6, 6.07) is 7.20. The second-order valence-corrected chi connectivity index (χ2v) is 6.51. The maximum Gasteiger partial charge on any atom is 0.179 e. The largest absolute Gasteiger partial charge is 0.316 e. The molecule has 1 aromatic rings. The van der Waals surface area contributed by atoms with Gasteiger partial charge in [-0.3, -0.25) is 0 Å². The fourth-order valence-corrected chi connectivity index (χ4v) is 2.76. The van der Waals surface area contributed by atoms with Crippen LogP contribution in [0.4, 0.5) is 0 Å². The molecule has 17 heavy (non-hydrogen) atoms. The molecule has 0 heterocycles. The van der Waals surface area contributed by atoms with Gasteiger partial charge in [0.25, 0.3) is 0 Å². The van der Waals surface area contributed by atoms with Crippen LogP contribution >= 0.6 is 0 Å². The van der Waals surface area contributed by atoms with Crippen LogP contribution in [0.3, 0.4) is 0 Å². The number of benzene rings is 1. The zero-order chi connectivity index (χ0) is 12.9. The molecule has 0 aliphatic rings. The first kappa shape index (κ1) is 14.2. The van der Waals surface area contributed by atoms with Crippen LogP contribution in [0, 0.1) is 0 Å². The molecule has 0 bridgehead atoms. The molecule has 0 aliphatic carbocycles. The minimum Gasteiger partial charge on any atom is -0.316 e. The van der Waals surface area contributed by atoms with E-state index in [-0.39, 0.29) is 5.75 Å². The number of rotatable bonds is 6. The molecule has 0 saturated heterocycles. The van der Waals surface area contributed by atoms with Gasteiger partial charge in [0.2, 0.25) is 0 Å². The van der Waals surface area contributed by atoms with Crippen LogP contribution in [0.15, 0.2) is 29.2 Å². The van der Waals surface area contributed by atoms with E-state index in [9.17, 15) is 8.42 Å². The molecule has 1 N–H and O–H groups in total. The monoisotopic (exact) mass is 255 g/mol. The van der Waals surface area contributed by atoms with Gasteiger partial charge in [-0.25, -0.2) is 8.42 Å². The maximum atomic E-state index is 11.9. The Morgan fingerprint density at radius 2 is 1.76 bits per heavy atom. The topological polar surface area (TPSA) is 46.2 Å². The highest BCUT2D eigenvalue weighted by Crippen LogP contribution is 2.17. The lowest BCUT2D eigenvalue weighted by Gasteiger charge is -2.08. The van der Waals surface area contributed by atoms with Gasteiger partial charge in [0.15, 0.2) is 9.84 Å². The average molecular weight is 255 g/mol. The van der Waals surface area contributed by atoms with Crippen molar-refractivity contribution in [2.45, 2.75) is 31.6 Å². The van der Waals surface area contributed by atoms with E-state index >= 15 is 0 Å². The molecule has 0 aliphatic heterocycles. The van der Waals surface area contributed by atoms with Gasteiger partial charge in [-0.2, -0.15) is 0 Å². The van der Waals surface area contributed by atoms with Crippen molar-refractivity contribution in [2.24, 2.45) is 0 Å². The van der Waals surface area contributed by atoms with Gasteiger partial charge in [-0.15, -0.1) is 0 Å². The number of hydrogen-bond donors (Lipinski definition) is 1. The summed E-state index contributed by atoms with van der Waals surface area (Å²) in [4.78, 5) is 0.416. The predicted octanol–water partition coefficient (Wildman–Crippen LogP) is 2.19. The second-order valence-electron chi connectivity index (χ2n) is 4.40. The molecule has 0 aromatic heterocycles. The first-order valence-corrected chi connectivity index (χ1v) is 7.66. The highest BCUT2D eigenvalue weighted by molar-refractivity contribution is 7.91. The van der Waals surface area contributed by atoms with Crippen LogP contribution in [0.25, 0.3) is 0 Å². The molecule has 3 nitrogen and oxygen atoms in total. The SMILES string of the molecule is CCNCCS(=O)(=O)c1ccc(C(C)C)cc1. The molecule has 0 atom stereocenters. The lowest BCUT2D eigenvalue weighted by molar-refractivity contribution is 0.592. The van der Waals surface area contributed by atoms with E-state index in [1.165, 1.54) is 0 Å². The Hall–Kier alpha value is -0.870. The van der Waals surface area contributed by atoms with Crippen molar-refractivity contribution in [3.8, 4) is 0 Å². The van der Waals surface area contributed by atoms with Crippen molar-refractivity contribution in [2.75, 3.05) is 18.8 Å². The van der Waals surface area contributed by atoms with E-state index in [1.54, 1.807) is 12.1 Å². The molecule has 0 spiro atoms. The van der Waals surface area contributed by atoms with Crippen molar-refractivity contribution in [1.82, 2.24) is 5.32 Å². The van der Waals surface area contributed by atoms with Gasteiger partial charge in [-0.1, -0.05) is 32.9 Å². The van der Waals surface area contributed by atoms with Gasteiger partial charge in [0.05, 0.1) is 10.6 Å². The molecule has 0 saturated carbocycles. The van der Waals surface area contributed by atoms with Gasteiger partial charge in [-0.05, 0) is 30.2 Å². The Kier molecular flexibility index (Phi) is 5.15. The summed E-state index contributed by atoms with van der Waals surface area (Å²) < 4.78 is 23.9. The van der Waals surface area contributed by atoms with Crippen molar-refractivity contribution < 1.29 is 8.42 Å². The summed E-state index contributed by atoms with van der Waals surface area (Å²) in [6.45, 7) is 7.44. The lowest BCUT2D eigenvalue weighted by Crippen LogP contribution is -2.22. The Labute approximate surface area is 104 Å². The third kappa shape index (κ3) is 4.13. The zero-order valence-electron chi connectivity index (χ0n) is 10.7. The summed E-state index contributed by atoms with van der Waals surface area (Å²) in [6.07, 6.45) is 0. The molecule has 0 radical (unpaired) electrons. The fraction of sp³-hybridized carbons (Fsp3) is 0.538. The van der Waals surface area contributed by atoms with E-state index in [0.29, 0.717) is 17.4 Å². The van der Waals surface area contributed by atoms with Crippen LogP contribution < -0.4 is 5.32 Å². The maximum absolute atomic E-state index is 11.9. The molecule has 0 fully saturated rings. The molecular formula is C13H21NO2S. The third-order valence-corrected chi connectivity index (χ3v) is 4.44. The highest BCUT2D eigenvalue weighted by atomic mass is 32.2. The van der Waals surface area contributed by atoms with Gasteiger partial charge >= 0.3 is 0 Å². The normalized spacial score (nSPS) is 12.0. The molecule has 0 amide bonds. The molecule has 96 valence electrons. The summed E-state index contributed by atoms with van der Waals surface area (Å²) in [7, 11) is -3.14. The van der Waals surface area contributed by atoms with Crippen LogP contribution in [-0.2, 0) is 9.84 Å². The Balaban J connectivity index is 2.78. The molecule has 4 heteroatoms. The van der Waals surface area contributed by atoms with Gasteiger partial charge in [0, 0.05) is 6.54 Å². The Bertz CT molecular complexity index is 435. The van der Waals surface area contributed by atoms with Crippen LogP contribution in [0.5, 0.6) is 0 Å². The minimum atomic E-state index is -3.14. The van der Waals surface area contributed by atoms with E-state index in [2.05, 4.69) is 19.2 Å². The van der Waals surface area contributed by atoms with Crippen molar-refractivity contribution in [3.05, 3.63) is 29.8 Å². The quantitative estimate of drug-likeness (QED) is 0.793. The summed E-state index contributed by atoms with van der Waals surface area (Å²) >= 11 is 0. The minimum absolute atomic E-state index is 0.155. The number of sulfone groups is 1. The molecule has 0 unspecified atom stereocenters. The fourth-order valence-electron chi connectivity index (χ4n) is 1.56.